The second kappa shape index (κ2) is 5.40. The van der Waals surface area contributed by atoms with Gasteiger partial charge >= 0.3 is 0 Å². The van der Waals surface area contributed by atoms with E-state index in [0.717, 1.165) is 25.7 Å². The summed E-state index contributed by atoms with van der Waals surface area (Å²) >= 11 is 0. The van der Waals surface area contributed by atoms with Crippen LogP contribution in [0.5, 0.6) is 0 Å². The van der Waals surface area contributed by atoms with Crippen molar-refractivity contribution >= 4 is 15.7 Å². The minimum Gasteiger partial charge on any atom is -0.339 e. The number of nitrogens with zero attached hydrogens (tertiary/aromatic N) is 3. The van der Waals surface area contributed by atoms with Crippen LogP contribution in [0, 0.1) is 0 Å². The highest BCUT2D eigenvalue weighted by Gasteiger charge is 2.36. The number of hydrogen-bond acceptors (Lipinski definition) is 6. The largest absolute Gasteiger partial charge is 0.339 e. The fraction of sp³-hybridized carbons (Fsp3) is 0.769. The molecule has 0 bridgehead atoms. The number of carbonyl (C=O) groups excluding carboxylic acids is 1. The van der Waals surface area contributed by atoms with Gasteiger partial charge in [0.2, 0.25) is 11.8 Å². The Labute approximate surface area is 123 Å². The van der Waals surface area contributed by atoms with Gasteiger partial charge in [0.05, 0.1) is 6.04 Å². The first kappa shape index (κ1) is 14.5. The number of hydrogen-bond donors (Lipinski definition) is 0. The molecule has 1 amide bonds. The number of aromatic nitrogens is 2. The summed E-state index contributed by atoms with van der Waals surface area (Å²) in [5, 5.41) is 3.98. The van der Waals surface area contributed by atoms with E-state index in [-0.39, 0.29) is 17.7 Å². The Kier molecular flexibility index (Phi) is 3.73. The summed E-state index contributed by atoms with van der Waals surface area (Å²) in [6.45, 7) is 2.10. The summed E-state index contributed by atoms with van der Waals surface area (Å²) < 4.78 is 28.5. The third-order valence-electron chi connectivity index (χ3n) is 4.04. The lowest BCUT2D eigenvalue weighted by Crippen LogP contribution is -2.36. The first-order valence-electron chi connectivity index (χ1n) is 7.33. The molecule has 0 spiro atoms. The van der Waals surface area contributed by atoms with Crippen LogP contribution in [0.4, 0.5) is 0 Å². The van der Waals surface area contributed by atoms with Crippen LogP contribution < -0.4 is 0 Å². The van der Waals surface area contributed by atoms with E-state index in [2.05, 4.69) is 10.1 Å². The van der Waals surface area contributed by atoms with E-state index in [0.29, 0.717) is 24.2 Å². The first-order valence-corrected chi connectivity index (χ1v) is 9.15. The van der Waals surface area contributed by atoms with Crippen LogP contribution in [-0.2, 0) is 14.6 Å². The number of sulfone groups is 1. The summed E-state index contributed by atoms with van der Waals surface area (Å²) in [5.74, 6) is 0.704. The lowest BCUT2D eigenvalue weighted by atomic mass is 10.2. The van der Waals surface area contributed by atoms with Crippen LogP contribution in [0.25, 0.3) is 0 Å². The molecular weight excluding hydrogens is 294 g/mol. The number of rotatable bonds is 5. The molecule has 1 saturated carbocycles. The molecule has 1 saturated heterocycles. The third-order valence-corrected chi connectivity index (χ3v) is 5.60. The third kappa shape index (κ3) is 3.09. The number of amides is 1. The SMILES string of the molecule is CCS(=O)(=O)CC(=O)N1CCC[C@@H]1c1noc(C2CC2)n1. The zero-order valence-electron chi connectivity index (χ0n) is 12.0. The Morgan fingerprint density at radius 1 is 1.38 bits per heavy atom. The topological polar surface area (TPSA) is 93.4 Å². The highest BCUT2D eigenvalue weighted by atomic mass is 32.2. The van der Waals surface area contributed by atoms with Crippen molar-refractivity contribution in [1.82, 2.24) is 15.0 Å². The molecule has 1 aliphatic heterocycles. The van der Waals surface area contributed by atoms with Gasteiger partial charge in [0, 0.05) is 18.2 Å². The van der Waals surface area contributed by atoms with Gasteiger partial charge in [-0.1, -0.05) is 12.1 Å². The summed E-state index contributed by atoms with van der Waals surface area (Å²) in [7, 11) is -3.32. The van der Waals surface area contributed by atoms with Gasteiger partial charge in [-0.05, 0) is 25.7 Å². The second-order valence-electron chi connectivity index (χ2n) is 5.69. The fourth-order valence-electron chi connectivity index (χ4n) is 2.59. The Balaban J connectivity index is 1.73. The summed E-state index contributed by atoms with van der Waals surface area (Å²) in [6, 6.07) is -0.249. The van der Waals surface area contributed by atoms with Crippen LogP contribution in [0.3, 0.4) is 0 Å². The minimum atomic E-state index is -3.32. The lowest BCUT2D eigenvalue weighted by molar-refractivity contribution is -0.129. The molecule has 1 atom stereocenters. The summed E-state index contributed by atoms with van der Waals surface area (Å²) in [4.78, 5) is 18.2. The quantitative estimate of drug-likeness (QED) is 0.806. The molecule has 3 rings (SSSR count). The molecule has 2 fully saturated rings. The standard InChI is InChI=1S/C13H19N3O4S/c1-2-21(18,19)8-11(17)16-7-3-4-10(16)12-14-13(20-15-12)9-5-6-9/h9-10H,2-8H2,1H3/t10-/m1/s1. The average molecular weight is 313 g/mol. The predicted octanol–water partition coefficient (Wildman–Crippen LogP) is 1.05. The predicted molar refractivity (Wildman–Crippen MR) is 74.3 cm³/mol. The molecule has 0 aromatic carbocycles. The van der Waals surface area contributed by atoms with Crippen molar-refractivity contribution in [1.29, 1.82) is 0 Å². The van der Waals surface area contributed by atoms with Crippen LogP contribution in [-0.4, -0.2) is 47.4 Å². The van der Waals surface area contributed by atoms with Crippen molar-refractivity contribution < 1.29 is 17.7 Å². The first-order chi connectivity index (χ1) is 10.00. The molecule has 21 heavy (non-hydrogen) atoms. The van der Waals surface area contributed by atoms with Gasteiger partial charge in [-0.3, -0.25) is 4.79 Å². The zero-order valence-corrected chi connectivity index (χ0v) is 12.8. The van der Waals surface area contributed by atoms with Crippen molar-refractivity contribution in [3.8, 4) is 0 Å². The van der Waals surface area contributed by atoms with Gasteiger partial charge in [0.15, 0.2) is 15.7 Å². The van der Waals surface area contributed by atoms with Crippen molar-refractivity contribution in [2.75, 3.05) is 18.1 Å². The second-order valence-corrected chi connectivity index (χ2v) is 8.04. The van der Waals surface area contributed by atoms with E-state index in [4.69, 9.17) is 4.52 Å². The van der Waals surface area contributed by atoms with Crippen LogP contribution in [0.15, 0.2) is 4.52 Å². The average Bonchev–Trinajstić information content (AvgIpc) is 3.00. The molecule has 2 heterocycles. The van der Waals surface area contributed by atoms with Crippen LogP contribution in [0.1, 0.15) is 56.3 Å². The molecular formula is C13H19N3O4S. The van der Waals surface area contributed by atoms with Crippen LogP contribution >= 0.6 is 0 Å². The number of likely N-dealkylation sites (tertiary alicyclic amines) is 1. The molecule has 8 heteroatoms. The van der Waals surface area contributed by atoms with E-state index in [1.807, 2.05) is 0 Å². The Hall–Kier alpha value is -1.44. The van der Waals surface area contributed by atoms with Crippen molar-refractivity contribution in [2.45, 2.75) is 44.6 Å². The van der Waals surface area contributed by atoms with Crippen molar-refractivity contribution in [3.05, 3.63) is 11.7 Å². The monoisotopic (exact) mass is 313 g/mol. The maximum atomic E-state index is 12.2. The van der Waals surface area contributed by atoms with E-state index >= 15 is 0 Å². The minimum absolute atomic E-state index is 0.0225. The van der Waals surface area contributed by atoms with E-state index in [9.17, 15) is 13.2 Å². The van der Waals surface area contributed by atoms with E-state index in [1.165, 1.54) is 0 Å². The molecule has 116 valence electrons. The molecule has 1 aromatic heterocycles. The maximum absolute atomic E-state index is 12.2. The van der Waals surface area contributed by atoms with Gasteiger partial charge in [-0.25, -0.2) is 8.42 Å². The number of carbonyl (C=O) groups is 1. The lowest BCUT2D eigenvalue weighted by Gasteiger charge is -2.21. The van der Waals surface area contributed by atoms with Gasteiger partial charge in [-0.2, -0.15) is 4.98 Å². The zero-order chi connectivity index (χ0) is 15.0. The smallest absolute Gasteiger partial charge is 0.238 e. The maximum Gasteiger partial charge on any atom is 0.238 e. The van der Waals surface area contributed by atoms with Gasteiger partial charge in [0.1, 0.15) is 5.75 Å². The normalized spacial score (nSPS) is 22.7. The summed E-state index contributed by atoms with van der Waals surface area (Å²) in [5.41, 5.74) is 0. The molecule has 0 N–H and O–H groups in total. The molecule has 1 aliphatic carbocycles. The Morgan fingerprint density at radius 3 is 2.81 bits per heavy atom. The van der Waals surface area contributed by atoms with Gasteiger partial charge < -0.3 is 9.42 Å². The van der Waals surface area contributed by atoms with Crippen molar-refractivity contribution in [2.24, 2.45) is 0 Å². The summed E-state index contributed by atoms with van der Waals surface area (Å²) in [6.07, 6.45) is 3.73. The Morgan fingerprint density at radius 2 is 2.14 bits per heavy atom. The highest BCUT2D eigenvalue weighted by Crippen LogP contribution is 2.40. The molecule has 0 radical (unpaired) electrons. The van der Waals surface area contributed by atoms with Gasteiger partial charge in [0.25, 0.3) is 0 Å². The van der Waals surface area contributed by atoms with E-state index < -0.39 is 15.6 Å². The molecule has 1 aromatic rings. The van der Waals surface area contributed by atoms with E-state index in [1.54, 1.807) is 11.8 Å². The fourth-order valence-corrected chi connectivity index (χ4v) is 3.33. The highest BCUT2D eigenvalue weighted by molar-refractivity contribution is 7.92. The molecule has 2 aliphatic rings. The van der Waals surface area contributed by atoms with Crippen molar-refractivity contribution in [3.63, 3.8) is 0 Å². The van der Waals surface area contributed by atoms with Crippen LogP contribution in [0.2, 0.25) is 0 Å². The van der Waals surface area contributed by atoms with Gasteiger partial charge in [-0.15, -0.1) is 0 Å². The Bertz CT molecular complexity index is 636. The molecule has 7 nitrogen and oxygen atoms in total. The molecule has 0 unspecified atom stereocenters.